The van der Waals surface area contributed by atoms with Crippen molar-refractivity contribution in [1.82, 2.24) is 16.0 Å². The summed E-state index contributed by atoms with van der Waals surface area (Å²) in [5, 5.41) is 9.16. The molecule has 2 rings (SSSR count). The van der Waals surface area contributed by atoms with E-state index in [9.17, 15) is 13.6 Å². The largest absolute Gasteiger partial charge is 0.356 e. The number of aliphatic imine (C=N–C) groups is 1. The third kappa shape index (κ3) is 5.79. The van der Waals surface area contributed by atoms with Crippen molar-refractivity contribution in [2.75, 3.05) is 13.6 Å². The minimum atomic E-state index is -0.870. The standard InChI is InChI=1S/C17H24F2N4O/c1-11(12-5-8-14(18)15(19)10-12)22-17(20-2)21-9-3-4-16(24)23-13-6-7-13/h5,8,10-11,13H,3-4,6-7,9H2,1-2H3,(H,23,24)(H2,20,21,22). The summed E-state index contributed by atoms with van der Waals surface area (Å²) in [4.78, 5) is 15.7. The van der Waals surface area contributed by atoms with Crippen LogP contribution in [0.2, 0.25) is 0 Å². The van der Waals surface area contributed by atoms with Crippen LogP contribution >= 0.6 is 0 Å². The van der Waals surface area contributed by atoms with Gasteiger partial charge in [-0.15, -0.1) is 0 Å². The predicted molar refractivity (Wildman–Crippen MR) is 89.7 cm³/mol. The second kappa shape index (κ2) is 8.61. The Balaban J connectivity index is 1.72. The van der Waals surface area contributed by atoms with Crippen molar-refractivity contribution in [3.05, 3.63) is 35.4 Å². The Morgan fingerprint density at radius 3 is 2.71 bits per heavy atom. The summed E-state index contributed by atoms with van der Waals surface area (Å²) in [6.07, 6.45) is 3.34. The van der Waals surface area contributed by atoms with E-state index in [4.69, 9.17) is 0 Å². The Bertz CT molecular complexity index is 602. The molecule has 24 heavy (non-hydrogen) atoms. The zero-order valence-electron chi connectivity index (χ0n) is 14.0. The van der Waals surface area contributed by atoms with Crippen LogP contribution in [0.1, 0.15) is 44.2 Å². The van der Waals surface area contributed by atoms with Crippen LogP contribution in [-0.4, -0.2) is 31.5 Å². The summed E-state index contributed by atoms with van der Waals surface area (Å²) >= 11 is 0. The maximum absolute atomic E-state index is 13.3. The number of amides is 1. The highest BCUT2D eigenvalue weighted by Gasteiger charge is 2.22. The zero-order valence-corrected chi connectivity index (χ0v) is 14.0. The van der Waals surface area contributed by atoms with Crippen LogP contribution in [-0.2, 0) is 4.79 Å². The Hall–Kier alpha value is -2.18. The maximum atomic E-state index is 13.3. The molecule has 1 aromatic rings. The number of hydrogen-bond donors (Lipinski definition) is 3. The van der Waals surface area contributed by atoms with E-state index < -0.39 is 11.6 Å². The Kier molecular flexibility index (Phi) is 6.52. The zero-order chi connectivity index (χ0) is 17.5. The number of carbonyl (C=O) groups excluding carboxylic acids is 1. The minimum Gasteiger partial charge on any atom is -0.356 e. The van der Waals surface area contributed by atoms with Crippen LogP contribution in [0.25, 0.3) is 0 Å². The molecule has 0 aromatic heterocycles. The van der Waals surface area contributed by atoms with Gasteiger partial charge in [0.25, 0.3) is 0 Å². The van der Waals surface area contributed by atoms with Gasteiger partial charge in [0.05, 0.1) is 6.04 Å². The van der Waals surface area contributed by atoms with Crippen LogP contribution in [0.3, 0.4) is 0 Å². The Morgan fingerprint density at radius 1 is 1.33 bits per heavy atom. The quantitative estimate of drug-likeness (QED) is 0.406. The van der Waals surface area contributed by atoms with Crippen LogP contribution in [0, 0.1) is 11.6 Å². The first-order valence-electron chi connectivity index (χ1n) is 8.21. The van der Waals surface area contributed by atoms with Gasteiger partial charge in [0.1, 0.15) is 0 Å². The number of nitrogens with zero attached hydrogens (tertiary/aromatic N) is 1. The lowest BCUT2D eigenvalue weighted by atomic mass is 10.1. The van der Waals surface area contributed by atoms with Gasteiger partial charge >= 0.3 is 0 Å². The first-order chi connectivity index (χ1) is 11.5. The van der Waals surface area contributed by atoms with Gasteiger partial charge in [-0.1, -0.05) is 6.07 Å². The molecular formula is C17H24F2N4O. The molecule has 0 spiro atoms. The number of carbonyl (C=O) groups is 1. The SMILES string of the molecule is CN=C(NCCCC(=O)NC1CC1)NC(C)c1ccc(F)c(F)c1. The molecule has 132 valence electrons. The minimum absolute atomic E-state index is 0.0809. The van der Waals surface area contributed by atoms with E-state index in [1.54, 1.807) is 7.05 Å². The number of nitrogens with one attached hydrogen (secondary N) is 3. The fourth-order valence-electron chi connectivity index (χ4n) is 2.25. The van der Waals surface area contributed by atoms with Crippen molar-refractivity contribution >= 4 is 11.9 Å². The van der Waals surface area contributed by atoms with Gasteiger partial charge in [0.15, 0.2) is 17.6 Å². The molecule has 0 bridgehead atoms. The lowest BCUT2D eigenvalue weighted by Crippen LogP contribution is -2.39. The average Bonchev–Trinajstić information content (AvgIpc) is 3.36. The second-order valence-electron chi connectivity index (χ2n) is 5.98. The normalized spacial score (nSPS) is 15.8. The first-order valence-corrected chi connectivity index (χ1v) is 8.21. The molecule has 1 saturated carbocycles. The molecule has 1 aliphatic rings. The molecule has 1 atom stereocenters. The molecule has 0 radical (unpaired) electrons. The van der Waals surface area contributed by atoms with Crippen molar-refractivity contribution < 1.29 is 13.6 Å². The second-order valence-corrected chi connectivity index (χ2v) is 5.98. The van der Waals surface area contributed by atoms with Gasteiger partial charge < -0.3 is 16.0 Å². The highest BCUT2D eigenvalue weighted by atomic mass is 19.2. The topological polar surface area (TPSA) is 65.5 Å². The van der Waals surface area contributed by atoms with E-state index in [1.807, 2.05) is 6.92 Å². The van der Waals surface area contributed by atoms with Gasteiger partial charge in [-0.05, 0) is 43.9 Å². The number of benzene rings is 1. The van der Waals surface area contributed by atoms with E-state index in [2.05, 4.69) is 20.9 Å². The van der Waals surface area contributed by atoms with Gasteiger partial charge in [0.2, 0.25) is 5.91 Å². The van der Waals surface area contributed by atoms with Crippen LogP contribution < -0.4 is 16.0 Å². The first kappa shape index (κ1) is 18.2. The summed E-state index contributed by atoms with van der Waals surface area (Å²) in [5.74, 6) is -1.10. The highest BCUT2D eigenvalue weighted by molar-refractivity contribution is 5.80. The molecule has 5 nitrogen and oxygen atoms in total. The fourth-order valence-corrected chi connectivity index (χ4v) is 2.25. The highest BCUT2D eigenvalue weighted by Crippen LogP contribution is 2.18. The summed E-state index contributed by atoms with van der Waals surface area (Å²) < 4.78 is 26.3. The number of halogens is 2. The van der Waals surface area contributed by atoms with E-state index in [0.29, 0.717) is 37.0 Å². The van der Waals surface area contributed by atoms with E-state index in [0.717, 1.165) is 18.9 Å². The number of guanidine groups is 1. The molecule has 1 aliphatic carbocycles. The summed E-state index contributed by atoms with van der Waals surface area (Å²) in [7, 11) is 1.63. The van der Waals surface area contributed by atoms with Crippen LogP contribution in [0.5, 0.6) is 0 Å². The van der Waals surface area contributed by atoms with Crippen molar-refractivity contribution in [3.8, 4) is 0 Å². The molecule has 0 aliphatic heterocycles. The van der Waals surface area contributed by atoms with Gasteiger partial charge in [0, 0.05) is 26.1 Å². The number of hydrogen-bond acceptors (Lipinski definition) is 2. The van der Waals surface area contributed by atoms with E-state index in [1.165, 1.54) is 12.1 Å². The smallest absolute Gasteiger partial charge is 0.220 e. The molecule has 1 amide bonds. The monoisotopic (exact) mass is 338 g/mol. The van der Waals surface area contributed by atoms with E-state index in [-0.39, 0.29) is 11.9 Å². The summed E-state index contributed by atoms with van der Waals surface area (Å²) in [6, 6.07) is 3.97. The third-order valence-electron chi connectivity index (χ3n) is 3.84. The molecular weight excluding hydrogens is 314 g/mol. The maximum Gasteiger partial charge on any atom is 0.220 e. The van der Waals surface area contributed by atoms with Gasteiger partial charge in [-0.25, -0.2) is 8.78 Å². The predicted octanol–water partition coefficient (Wildman–Crippen LogP) is 2.25. The average molecular weight is 338 g/mol. The molecule has 1 unspecified atom stereocenters. The number of rotatable bonds is 7. The van der Waals surface area contributed by atoms with Crippen molar-refractivity contribution in [3.63, 3.8) is 0 Å². The van der Waals surface area contributed by atoms with Crippen molar-refractivity contribution in [2.45, 2.75) is 44.7 Å². The molecule has 1 fully saturated rings. The lowest BCUT2D eigenvalue weighted by molar-refractivity contribution is -0.121. The molecule has 3 N–H and O–H groups in total. The Labute approximate surface area is 140 Å². The van der Waals surface area contributed by atoms with Gasteiger partial charge in [-0.3, -0.25) is 9.79 Å². The van der Waals surface area contributed by atoms with Crippen LogP contribution in [0.4, 0.5) is 8.78 Å². The fraction of sp³-hybridized carbons (Fsp3) is 0.529. The summed E-state index contributed by atoms with van der Waals surface area (Å²) in [5.41, 5.74) is 0.626. The third-order valence-corrected chi connectivity index (χ3v) is 3.84. The lowest BCUT2D eigenvalue weighted by Gasteiger charge is -2.18. The van der Waals surface area contributed by atoms with Gasteiger partial charge in [-0.2, -0.15) is 0 Å². The Morgan fingerprint density at radius 2 is 2.08 bits per heavy atom. The van der Waals surface area contributed by atoms with E-state index >= 15 is 0 Å². The molecule has 1 aromatic carbocycles. The van der Waals surface area contributed by atoms with Crippen LogP contribution in [0.15, 0.2) is 23.2 Å². The molecule has 7 heteroatoms. The molecule has 0 saturated heterocycles. The molecule has 0 heterocycles. The van der Waals surface area contributed by atoms with Crippen molar-refractivity contribution in [2.24, 2.45) is 4.99 Å². The summed E-state index contributed by atoms with van der Waals surface area (Å²) in [6.45, 7) is 2.44. The van der Waals surface area contributed by atoms with Crippen molar-refractivity contribution in [1.29, 1.82) is 0 Å².